The van der Waals surface area contributed by atoms with Gasteiger partial charge in [0, 0.05) is 29.7 Å². The summed E-state index contributed by atoms with van der Waals surface area (Å²) in [5.41, 5.74) is 2.22. The molecule has 1 aliphatic rings. The number of allylic oxidation sites excluding steroid dienone is 1. The first kappa shape index (κ1) is 15.7. The van der Waals surface area contributed by atoms with Crippen LogP contribution in [0.3, 0.4) is 0 Å². The molecule has 0 fully saturated rings. The molecule has 0 radical (unpaired) electrons. The molecule has 0 saturated heterocycles. The average Bonchev–Trinajstić information content (AvgIpc) is 2.62. The fourth-order valence-corrected chi connectivity index (χ4v) is 2.76. The molecule has 1 atom stereocenters. The number of carbonyl (C=O) groups is 2. The summed E-state index contributed by atoms with van der Waals surface area (Å²) in [4.78, 5) is 26.2. The Morgan fingerprint density at radius 2 is 1.62 bits per heavy atom. The summed E-state index contributed by atoms with van der Waals surface area (Å²) in [5, 5.41) is 3.10. The van der Waals surface area contributed by atoms with E-state index < -0.39 is 0 Å². The van der Waals surface area contributed by atoms with Crippen LogP contribution in [0.1, 0.15) is 28.9 Å². The highest BCUT2D eigenvalue weighted by molar-refractivity contribution is 5.96. The van der Waals surface area contributed by atoms with Crippen molar-refractivity contribution in [3.8, 4) is 0 Å². The normalized spacial score (nSPS) is 18.3. The monoisotopic (exact) mass is 318 g/mol. The van der Waals surface area contributed by atoms with Crippen LogP contribution in [0.15, 0.2) is 84.8 Å². The molecule has 0 aromatic heterocycles. The molecule has 24 heavy (non-hydrogen) atoms. The highest BCUT2D eigenvalue weighted by atomic mass is 16.2. The molecule has 3 rings (SSSR count). The maximum atomic E-state index is 12.9. The summed E-state index contributed by atoms with van der Waals surface area (Å²) in [7, 11) is 0. The van der Waals surface area contributed by atoms with E-state index in [1.54, 1.807) is 29.4 Å². The Morgan fingerprint density at radius 1 is 1.00 bits per heavy atom. The standard InChI is InChI=1S/C20H18N2O2/c1-15(23)14-18-19(16-8-4-2-5-9-16)22(13-12-21-18)20(24)17-10-6-3-7-11-17/h2-14,19,21H,1H3/b18-14+. The summed E-state index contributed by atoms with van der Waals surface area (Å²) in [6.45, 7) is 1.50. The van der Waals surface area contributed by atoms with Gasteiger partial charge in [0.05, 0.1) is 0 Å². The second-order valence-corrected chi connectivity index (χ2v) is 5.56. The molecule has 1 heterocycles. The van der Waals surface area contributed by atoms with Crippen LogP contribution in [-0.2, 0) is 4.79 Å². The quantitative estimate of drug-likeness (QED) is 0.882. The topological polar surface area (TPSA) is 49.4 Å². The van der Waals surface area contributed by atoms with E-state index in [1.807, 2.05) is 48.5 Å². The van der Waals surface area contributed by atoms with Gasteiger partial charge in [-0.2, -0.15) is 0 Å². The van der Waals surface area contributed by atoms with Crippen LogP contribution in [-0.4, -0.2) is 16.6 Å². The summed E-state index contributed by atoms with van der Waals surface area (Å²) in [6.07, 6.45) is 4.92. The van der Waals surface area contributed by atoms with Crippen LogP contribution in [0.5, 0.6) is 0 Å². The van der Waals surface area contributed by atoms with Gasteiger partial charge in [-0.1, -0.05) is 48.5 Å². The number of hydrogen-bond donors (Lipinski definition) is 1. The number of nitrogens with zero attached hydrogens (tertiary/aromatic N) is 1. The molecule has 0 aliphatic carbocycles. The molecule has 2 aromatic rings. The van der Waals surface area contributed by atoms with Crippen molar-refractivity contribution in [3.63, 3.8) is 0 Å². The van der Waals surface area contributed by atoms with Crippen molar-refractivity contribution in [1.29, 1.82) is 0 Å². The van der Waals surface area contributed by atoms with E-state index in [0.29, 0.717) is 11.3 Å². The fraction of sp³-hybridized carbons (Fsp3) is 0.100. The smallest absolute Gasteiger partial charge is 0.258 e. The van der Waals surface area contributed by atoms with E-state index >= 15 is 0 Å². The second-order valence-electron chi connectivity index (χ2n) is 5.56. The van der Waals surface area contributed by atoms with Crippen molar-refractivity contribution >= 4 is 11.7 Å². The zero-order valence-electron chi connectivity index (χ0n) is 13.3. The van der Waals surface area contributed by atoms with Gasteiger partial charge in [0.2, 0.25) is 0 Å². The number of amides is 1. The highest BCUT2D eigenvalue weighted by Gasteiger charge is 2.30. The predicted octanol–water partition coefficient (Wildman–Crippen LogP) is 3.42. The van der Waals surface area contributed by atoms with E-state index in [4.69, 9.17) is 0 Å². The SMILES string of the molecule is CC(=O)/C=C1/NC=CN(C(=O)c2ccccc2)C1c1ccccc1. The number of rotatable bonds is 3. The minimum atomic E-state index is -0.368. The zero-order chi connectivity index (χ0) is 16.9. The van der Waals surface area contributed by atoms with Crippen LogP contribution in [0.2, 0.25) is 0 Å². The molecule has 0 bridgehead atoms. The molecule has 1 N–H and O–H groups in total. The number of carbonyl (C=O) groups excluding carboxylic acids is 2. The van der Waals surface area contributed by atoms with Gasteiger partial charge >= 0.3 is 0 Å². The summed E-state index contributed by atoms with van der Waals surface area (Å²) in [6, 6.07) is 18.4. The molecular formula is C20H18N2O2. The van der Waals surface area contributed by atoms with Crippen molar-refractivity contribution in [2.75, 3.05) is 0 Å². The van der Waals surface area contributed by atoms with Crippen molar-refractivity contribution in [1.82, 2.24) is 10.2 Å². The average molecular weight is 318 g/mol. The summed E-state index contributed by atoms with van der Waals surface area (Å²) in [5.74, 6) is -0.183. The third-order valence-corrected chi connectivity index (χ3v) is 3.79. The van der Waals surface area contributed by atoms with Crippen molar-refractivity contribution < 1.29 is 9.59 Å². The predicted molar refractivity (Wildman–Crippen MR) is 92.8 cm³/mol. The largest absolute Gasteiger partial charge is 0.362 e. The van der Waals surface area contributed by atoms with Gasteiger partial charge in [-0.15, -0.1) is 0 Å². The third-order valence-electron chi connectivity index (χ3n) is 3.79. The molecule has 0 saturated carbocycles. The first-order chi connectivity index (χ1) is 11.7. The lowest BCUT2D eigenvalue weighted by Gasteiger charge is -2.34. The Balaban J connectivity index is 2.06. The fourth-order valence-electron chi connectivity index (χ4n) is 2.76. The minimum absolute atomic E-state index is 0.0687. The zero-order valence-corrected chi connectivity index (χ0v) is 13.3. The molecule has 1 unspecified atom stereocenters. The van der Waals surface area contributed by atoms with Gasteiger partial charge in [-0.05, 0) is 24.6 Å². The van der Waals surface area contributed by atoms with Crippen molar-refractivity contribution in [2.45, 2.75) is 13.0 Å². The minimum Gasteiger partial charge on any atom is -0.362 e. The van der Waals surface area contributed by atoms with Crippen LogP contribution < -0.4 is 5.32 Å². The Kier molecular flexibility index (Phi) is 4.57. The van der Waals surface area contributed by atoms with Gasteiger partial charge in [-0.25, -0.2) is 0 Å². The molecule has 1 aliphatic heterocycles. The van der Waals surface area contributed by atoms with Gasteiger partial charge in [0.25, 0.3) is 5.91 Å². The lowest BCUT2D eigenvalue weighted by Crippen LogP contribution is -2.38. The Morgan fingerprint density at radius 3 is 2.25 bits per heavy atom. The molecule has 4 heteroatoms. The number of ketones is 1. The van der Waals surface area contributed by atoms with Crippen LogP contribution >= 0.6 is 0 Å². The Labute approximate surface area is 141 Å². The van der Waals surface area contributed by atoms with Gasteiger partial charge in [0.15, 0.2) is 5.78 Å². The van der Waals surface area contributed by atoms with Gasteiger partial charge in [0.1, 0.15) is 6.04 Å². The lowest BCUT2D eigenvalue weighted by molar-refractivity contribution is -0.112. The van der Waals surface area contributed by atoms with Crippen molar-refractivity contribution in [3.05, 3.63) is 96.0 Å². The van der Waals surface area contributed by atoms with Crippen LogP contribution in [0.4, 0.5) is 0 Å². The van der Waals surface area contributed by atoms with E-state index in [1.165, 1.54) is 13.0 Å². The molecule has 0 spiro atoms. The molecule has 4 nitrogen and oxygen atoms in total. The van der Waals surface area contributed by atoms with E-state index in [2.05, 4.69) is 5.32 Å². The summed E-state index contributed by atoms with van der Waals surface area (Å²) < 4.78 is 0. The second kappa shape index (κ2) is 6.96. The maximum Gasteiger partial charge on any atom is 0.258 e. The molecular weight excluding hydrogens is 300 g/mol. The lowest BCUT2D eigenvalue weighted by atomic mass is 9.99. The van der Waals surface area contributed by atoms with E-state index in [-0.39, 0.29) is 17.7 Å². The molecule has 1 amide bonds. The van der Waals surface area contributed by atoms with Gasteiger partial charge in [-0.3, -0.25) is 9.59 Å². The summed E-state index contributed by atoms with van der Waals surface area (Å²) >= 11 is 0. The van der Waals surface area contributed by atoms with Crippen molar-refractivity contribution in [2.24, 2.45) is 0 Å². The first-order valence-corrected chi connectivity index (χ1v) is 7.75. The number of hydrogen-bond acceptors (Lipinski definition) is 3. The Bertz CT molecular complexity index is 795. The maximum absolute atomic E-state index is 12.9. The Hall–Kier alpha value is -3.14. The van der Waals surface area contributed by atoms with Crippen LogP contribution in [0.25, 0.3) is 0 Å². The molecule has 120 valence electrons. The highest BCUT2D eigenvalue weighted by Crippen LogP contribution is 2.31. The third kappa shape index (κ3) is 3.27. The number of nitrogens with one attached hydrogen (secondary N) is 1. The van der Waals surface area contributed by atoms with E-state index in [0.717, 1.165) is 5.56 Å². The number of benzene rings is 2. The first-order valence-electron chi connectivity index (χ1n) is 7.75. The van der Waals surface area contributed by atoms with Gasteiger partial charge < -0.3 is 10.2 Å². The molecule has 2 aromatic carbocycles. The van der Waals surface area contributed by atoms with E-state index in [9.17, 15) is 9.59 Å². The van der Waals surface area contributed by atoms with Crippen LogP contribution in [0, 0.1) is 0 Å².